The van der Waals surface area contributed by atoms with Crippen LogP contribution in [0.2, 0.25) is 0 Å². The molecular weight excluding hydrogens is 302 g/mol. The number of benzene rings is 1. The van der Waals surface area contributed by atoms with E-state index < -0.39 is 30.1 Å². The number of alkyl carbamates (subject to hydrolysis) is 1. The summed E-state index contributed by atoms with van der Waals surface area (Å²) in [4.78, 5) is 33.6. The van der Waals surface area contributed by atoms with Gasteiger partial charge in [0.15, 0.2) is 0 Å². The summed E-state index contributed by atoms with van der Waals surface area (Å²) < 4.78 is 5.00. The molecule has 0 saturated heterocycles. The predicted molar refractivity (Wildman–Crippen MR) is 82.2 cm³/mol. The van der Waals surface area contributed by atoms with Crippen molar-refractivity contribution in [3.05, 3.63) is 35.9 Å². The number of carbonyl (C=O) groups excluding carboxylic acids is 2. The third-order valence-electron chi connectivity index (χ3n) is 3.17. The molecule has 0 aliphatic rings. The van der Waals surface area contributed by atoms with E-state index in [1.165, 1.54) is 0 Å². The second-order valence-electron chi connectivity index (χ2n) is 5.04. The SMILES string of the molecule is NC(=O)C(CCCC(N)C(=O)O)NC(=O)OCc1ccccc1. The molecule has 0 spiro atoms. The minimum Gasteiger partial charge on any atom is -0.480 e. The van der Waals surface area contributed by atoms with Crippen LogP contribution in [0.15, 0.2) is 30.3 Å². The van der Waals surface area contributed by atoms with Crippen molar-refractivity contribution in [1.82, 2.24) is 5.32 Å². The second kappa shape index (κ2) is 9.42. The van der Waals surface area contributed by atoms with E-state index >= 15 is 0 Å². The average Bonchev–Trinajstić information content (AvgIpc) is 2.52. The van der Waals surface area contributed by atoms with Crippen molar-refractivity contribution in [3.63, 3.8) is 0 Å². The Labute approximate surface area is 133 Å². The molecule has 0 radical (unpaired) electrons. The van der Waals surface area contributed by atoms with Crippen LogP contribution in [0.4, 0.5) is 4.79 Å². The third-order valence-corrected chi connectivity index (χ3v) is 3.17. The molecule has 0 aromatic heterocycles. The van der Waals surface area contributed by atoms with Crippen LogP contribution in [0.25, 0.3) is 0 Å². The number of carbonyl (C=O) groups is 3. The lowest BCUT2D eigenvalue weighted by atomic mass is 10.1. The second-order valence-corrected chi connectivity index (χ2v) is 5.04. The van der Waals surface area contributed by atoms with Crippen molar-refractivity contribution in [2.45, 2.75) is 38.0 Å². The third kappa shape index (κ3) is 7.28. The van der Waals surface area contributed by atoms with Gasteiger partial charge in [-0.05, 0) is 24.8 Å². The Morgan fingerprint density at radius 3 is 2.39 bits per heavy atom. The van der Waals surface area contributed by atoms with Gasteiger partial charge in [0.05, 0.1) is 0 Å². The van der Waals surface area contributed by atoms with Crippen LogP contribution in [0.1, 0.15) is 24.8 Å². The molecule has 0 fully saturated rings. The summed E-state index contributed by atoms with van der Waals surface area (Å²) >= 11 is 0. The van der Waals surface area contributed by atoms with Crippen LogP contribution in [0.5, 0.6) is 0 Å². The minimum atomic E-state index is -1.11. The average molecular weight is 323 g/mol. The molecular formula is C15H21N3O5. The van der Waals surface area contributed by atoms with E-state index in [1.54, 1.807) is 12.1 Å². The molecule has 2 amide bonds. The Morgan fingerprint density at radius 1 is 1.17 bits per heavy atom. The fraction of sp³-hybridized carbons (Fsp3) is 0.400. The molecule has 2 unspecified atom stereocenters. The first-order chi connectivity index (χ1) is 10.9. The minimum absolute atomic E-state index is 0.0715. The van der Waals surface area contributed by atoms with E-state index in [-0.39, 0.29) is 19.4 Å². The van der Waals surface area contributed by atoms with E-state index in [9.17, 15) is 14.4 Å². The molecule has 0 heterocycles. The molecule has 0 aliphatic carbocycles. The van der Waals surface area contributed by atoms with Gasteiger partial charge in [-0.25, -0.2) is 4.79 Å². The molecule has 1 rings (SSSR count). The molecule has 8 nitrogen and oxygen atoms in total. The summed E-state index contributed by atoms with van der Waals surface area (Å²) in [5.74, 6) is -1.83. The number of ether oxygens (including phenoxy) is 1. The molecule has 0 aliphatic heterocycles. The smallest absolute Gasteiger partial charge is 0.408 e. The molecule has 8 heteroatoms. The zero-order valence-corrected chi connectivity index (χ0v) is 12.6. The van der Waals surface area contributed by atoms with Gasteiger partial charge in [0.2, 0.25) is 5.91 Å². The van der Waals surface area contributed by atoms with Gasteiger partial charge in [-0.15, -0.1) is 0 Å². The van der Waals surface area contributed by atoms with Gasteiger partial charge in [0.1, 0.15) is 18.7 Å². The van der Waals surface area contributed by atoms with E-state index in [4.69, 9.17) is 21.3 Å². The quantitative estimate of drug-likeness (QED) is 0.516. The number of aliphatic carboxylic acids is 1. The molecule has 6 N–H and O–H groups in total. The fourth-order valence-corrected chi connectivity index (χ4v) is 1.86. The maximum Gasteiger partial charge on any atom is 0.408 e. The van der Waals surface area contributed by atoms with E-state index in [0.717, 1.165) is 5.56 Å². The highest BCUT2D eigenvalue weighted by Gasteiger charge is 2.20. The van der Waals surface area contributed by atoms with E-state index in [2.05, 4.69) is 5.32 Å². The lowest BCUT2D eigenvalue weighted by Gasteiger charge is -2.16. The predicted octanol–water partition coefficient (Wildman–Crippen LogP) is 0.349. The van der Waals surface area contributed by atoms with Crippen LogP contribution in [0.3, 0.4) is 0 Å². The van der Waals surface area contributed by atoms with Gasteiger partial charge in [-0.3, -0.25) is 9.59 Å². The zero-order chi connectivity index (χ0) is 17.2. The molecule has 1 aromatic carbocycles. The number of amides is 2. The molecule has 2 atom stereocenters. The summed E-state index contributed by atoms with van der Waals surface area (Å²) in [6.07, 6.45) is -0.0587. The Bertz CT molecular complexity index is 535. The number of hydrogen-bond acceptors (Lipinski definition) is 5. The summed E-state index contributed by atoms with van der Waals surface area (Å²) in [5, 5.41) is 11.0. The monoisotopic (exact) mass is 323 g/mol. The van der Waals surface area contributed by atoms with Crippen LogP contribution in [-0.4, -0.2) is 35.2 Å². The number of hydrogen-bond donors (Lipinski definition) is 4. The van der Waals surface area contributed by atoms with Crippen molar-refractivity contribution in [1.29, 1.82) is 0 Å². The van der Waals surface area contributed by atoms with Gasteiger partial charge in [0, 0.05) is 0 Å². The first-order valence-electron chi connectivity index (χ1n) is 7.15. The van der Waals surface area contributed by atoms with Crippen LogP contribution in [-0.2, 0) is 20.9 Å². The van der Waals surface area contributed by atoms with Crippen molar-refractivity contribution in [2.24, 2.45) is 11.5 Å². The Morgan fingerprint density at radius 2 is 1.83 bits per heavy atom. The number of nitrogens with one attached hydrogen (secondary N) is 1. The lowest BCUT2D eigenvalue weighted by molar-refractivity contribution is -0.138. The summed E-state index contributed by atoms with van der Waals surface area (Å²) in [6, 6.07) is 7.13. The maximum atomic E-state index is 11.7. The van der Waals surface area contributed by atoms with Gasteiger partial charge in [-0.2, -0.15) is 0 Å². The Kier molecular flexibility index (Phi) is 7.55. The molecule has 126 valence electrons. The van der Waals surface area contributed by atoms with Crippen molar-refractivity contribution in [3.8, 4) is 0 Å². The highest BCUT2D eigenvalue weighted by Crippen LogP contribution is 2.05. The van der Waals surface area contributed by atoms with Gasteiger partial charge < -0.3 is 26.6 Å². The van der Waals surface area contributed by atoms with Crippen molar-refractivity contribution < 1.29 is 24.2 Å². The molecule has 0 bridgehead atoms. The summed E-state index contributed by atoms with van der Waals surface area (Å²) in [5.41, 5.74) is 11.4. The van der Waals surface area contributed by atoms with Crippen molar-refractivity contribution in [2.75, 3.05) is 0 Å². The highest BCUT2D eigenvalue weighted by molar-refractivity contribution is 5.84. The van der Waals surface area contributed by atoms with Gasteiger partial charge in [0.25, 0.3) is 0 Å². The van der Waals surface area contributed by atoms with Crippen molar-refractivity contribution >= 4 is 18.0 Å². The molecule has 23 heavy (non-hydrogen) atoms. The number of carboxylic acids is 1. The molecule has 0 saturated carbocycles. The summed E-state index contributed by atoms with van der Waals surface area (Å²) in [6.45, 7) is 0.0715. The maximum absolute atomic E-state index is 11.7. The van der Waals surface area contributed by atoms with Crippen LogP contribution >= 0.6 is 0 Å². The fourth-order valence-electron chi connectivity index (χ4n) is 1.86. The first kappa shape index (κ1) is 18.4. The van der Waals surface area contributed by atoms with E-state index in [0.29, 0.717) is 6.42 Å². The molecule has 1 aromatic rings. The summed E-state index contributed by atoms with van der Waals surface area (Å²) in [7, 11) is 0. The number of rotatable bonds is 9. The largest absolute Gasteiger partial charge is 0.480 e. The highest BCUT2D eigenvalue weighted by atomic mass is 16.5. The standard InChI is InChI=1S/C15H21N3O5/c16-11(14(20)21)7-4-8-12(13(17)19)18-15(22)23-9-10-5-2-1-3-6-10/h1-3,5-6,11-12H,4,7-9,16H2,(H2,17,19)(H,18,22)(H,20,21). The van der Waals surface area contributed by atoms with Gasteiger partial charge in [-0.1, -0.05) is 30.3 Å². The lowest BCUT2D eigenvalue weighted by Crippen LogP contribution is -2.44. The Hall–Kier alpha value is -2.61. The Balaban J connectivity index is 2.38. The number of primary amides is 1. The van der Waals surface area contributed by atoms with Crippen LogP contribution < -0.4 is 16.8 Å². The zero-order valence-electron chi connectivity index (χ0n) is 12.6. The normalized spacial score (nSPS) is 12.9. The first-order valence-corrected chi connectivity index (χ1v) is 7.15. The van der Waals surface area contributed by atoms with E-state index in [1.807, 2.05) is 18.2 Å². The van der Waals surface area contributed by atoms with Gasteiger partial charge >= 0.3 is 12.1 Å². The number of carboxylic acid groups (broad SMARTS) is 1. The number of nitrogens with two attached hydrogens (primary N) is 2. The van der Waals surface area contributed by atoms with Crippen LogP contribution in [0, 0.1) is 0 Å². The topological polar surface area (TPSA) is 145 Å².